The zero-order chi connectivity index (χ0) is 22.7. The predicted molar refractivity (Wildman–Crippen MR) is 127 cm³/mol. The second kappa shape index (κ2) is 9.67. The summed E-state index contributed by atoms with van der Waals surface area (Å²) >= 11 is 18.4. The Morgan fingerprint density at radius 2 is 1.72 bits per heavy atom. The molecule has 2 heterocycles. The molecule has 4 aromatic rings. The Morgan fingerprint density at radius 1 is 0.906 bits per heavy atom. The monoisotopic (exact) mass is 487 g/mol. The SMILES string of the molecule is O=C(/C=C/c1ccc(-c2ccc(Cl)cc2Cl)o1)Nc1cc(-c2ccc(CO)o2)ccc1Cl. The summed E-state index contributed by atoms with van der Waals surface area (Å²) in [7, 11) is 0. The Kier molecular flexibility index (Phi) is 6.72. The zero-order valence-electron chi connectivity index (χ0n) is 16.4. The molecule has 0 spiro atoms. The van der Waals surface area contributed by atoms with Crippen molar-refractivity contribution >= 4 is 52.5 Å². The van der Waals surface area contributed by atoms with Crippen LogP contribution in [0.15, 0.2) is 75.6 Å². The molecule has 0 atom stereocenters. The van der Waals surface area contributed by atoms with Crippen LogP contribution in [0.25, 0.3) is 28.7 Å². The van der Waals surface area contributed by atoms with E-state index in [-0.39, 0.29) is 12.5 Å². The van der Waals surface area contributed by atoms with Crippen LogP contribution in [0.1, 0.15) is 11.5 Å². The number of aliphatic hydroxyl groups is 1. The average Bonchev–Trinajstić information content (AvgIpc) is 3.43. The molecule has 32 heavy (non-hydrogen) atoms. The molecular formula is C24H16Cl3NO4. The van der Waals surface area contributed by atoms with E-state index >= 15 is 0 Å². The van der Waals surface area contributed by atoms with Crippen LogP contribution in [-0.2, 0) is 11.4 Å². The van der Waals surface area contributed by atoms with Crippen molar-refractivity contribution < 1.29 is 18.7 Å². The van der Waals surface area contributed by atoms with Crippen molar-refractivity contribution in [1.29, 1.82) is 0 Å². The number of carbonyl (C=O) groups is 1. The molecule has 4 rings (SSSR count). The standard InChI is InChI=1S/C24H16Cl3NO4/c25-15-2-6-18(20(27)12-15)23-9-3-16(31-23)5-10-24(30)28-21-11-14(1-7-19(21)26)22-8-4-17(13-29)32-22/h1-12,29H,13H2,(H,28,30)/b10-5+. The summed E-state index contributed by atoms with van der Waals surface area (Å²) in [5.74, 6) is 1.65. The summed E-state index contributed by atoms with van der Waals surface area (Å²) < 4.78 is 11.3. The van der Waals surface area contributed by atoms with Crippen molar-refractivity contribution in [3.63, 3.8) is 0 Å². The quantitative estimate of drug-likeness (QED) is 0.279. The largest absolute Gasteiger partial charge is 0.459 e. The molecule has 0 radical (unpaired) electrons. The first kappa shape index (κ1) is 22.2. The van der Waals surface area contributed by atoms with Crippen molar-refractivity contribution in [3.05, 3.63) is 93.3 Å². The fraction of sp³-hybridized carbons (Fsp3) is 0.0417. The molecule has 0 saturated carbocycles. The van der Waals surface area contributed by atoms with Gasteiger partial charge in [0.15, 0.2) is 0 Å². The van der Waals surface area contributed by atoms with Gasteiger partial charge in [-0.05, 0) is 66.7 Å². The van der Waals surface area contributed by atoms with Gasteiger partial charge in [0.25, 0.3) is 0 Å². The van der Waals surface area contributed by atoms with Crippen molar-refractivity contribution in [2.45, 2.75) is 6.61 Å². The highest BCUT2D eigenvalue weighted by Crippen LogP contribution is 2.32. The van der Waals surface area contributed by atoms with Crippen molar-refractivity contribution in [2.24, 2.45) is 0 Å². The van der Waals surface area contributed by atoms with Crippen LogP contribution in [0, 0.1) is 0 Å². The van der Waals surface area contributed by atoms with Gasteiger partial charge < -0.3 is 19.3 Å². The summed E-state index contributed by atoms with van der Waals surface area (Å²) in [4.78, 5) is 12.4. The van der Waals surface area contributed by atoms with Gasteiger partial charge in [-0.25, -0.2) is 0 Å². The molecule has 5 nitrogen and oxygen atoms in total. The molecule has 8 heteroatoms. The third-order valence-electron chi connectivity index (χ3n) is 4.55. The molecule has 2 aromatic carbocycles. The number of aliphatic hydroxyl groups excluding tert-OH is 1. The van der Waals surface area contributed by atoms with Crippen LogP contribution in [0.5, 0.6) is 0 Å². The van der Waals surface area contributed by atoms with E-state index in [0.717, 1.165) is 0 Å². The Bertz CT molecular complexity index is 1310. The molecule has 0 aliphatic carbocycles. The van der Waals surface area contributed by atoms with Crippen LogP contribution in [0.2, 0.25) is 15.1 Å². The number of amides is 1. The summed E-state index contributed by atoms with van der Waals surface area (Å²) in [5, 5.41) is 13.3. The number of carbonyl (C=O) groups excluding carboxylic acids is 1. The summed E-state index contributed by atoms with van der Waals surface area (Å²) in [5.41, 5.74) is 1.84. The van der Waals surface area contributed by atoms with Gasteiger partial charge >= 0.3 is 0 Å². The van der Waals surface area contributed by atoms with Crippen molar-refractivity contribution in [2.75, 3.05) is 5.32 Å². The normalized spacial score (nSPS) is 11.2. The Hall–Kier alpha value is -2.96. The van der Waals surface area contributed by atoms with Gasteiger partial charge in [0.05, 0.1) is 15.7 Å². The van der Waals surface area contributed by atoms with Crippen LogP contribution < -0.4 is 5.32 Å². The molecule has 2 N–H and O–H groups in total. The van der Waals surface area contributed by atoms with E-state index in [9.17, 15) is 4.79 Å². The second-order valence-electron chi connectivity index (χ2n) is 6.77. The number of hydrogen-bond donors (Lipinski definition) is 2. The van der Waals surface area contributed by atoms with Gasteiger partial charge in [0.2, 0.25) is 5.91 Å². The maximum absolute atomic E-state index is 12.4. The van der Waals surface area contributed by atoms with E-state index in [1.165, 1.54) is 6.08 Å². The first-order valence-electron chi connectivity index (χ1n) is 9.47. The lowest BCUT2D eigenvalue weighted by Gasteiger charge is -2.07. The molecule has 2 aromatic heterocycles. The minimum atomic E-state index is -0.387. The highest BCUT2D eigenvalue weighted by atomic mass is 35.5. The van der Waals surface area contributed by atoms with Gasteiger partial charge in [-0.2, -0.15) is 0 Å². The maximum Gasteiger partial charge on any atom is 0.248 e. The molecule has 0 fully saturated rings. The van der Waals surface area contributed by atoms with Crippen LogP contribution in [0.4, 0.5) is 5.69 Å². The Balaban J connectivity index is 1.47. The van der Waals surface area contributed by atoms with E-state index in [0.29, 0.717) is 54.9 Å². The molecule has 162 valence electrons. The van der Waals surface area contributed by atoms with E-state index in [4.69, 9.17) is 48.7 Å². The summed E-state index contributed by atoms with van der Waals surface area (Å²) in [6.45, 7) is -0.194. The predicted octanol–water partition coefficient (Wildman–Crippen LogP) is 7.31. The number of halogens is 3. The smallest absolute Gasteiger partial charge is 0.248 e. The summed E-state index contributed by atoms with van der Waals surface area (Å²) in [6.07, 6.45) is 2.88. The van der Waals surface area contributed by atoms with Crippen LogP contribution >= 0.6 is 34.8 Å². The van der Waals surface area contributed by atoms with Crippen molar-refractivity contribution in [3.8, 4) is 22.6 Å². The number of benzene rings is 2. The Labute approximate surface area is 198 Å². The minimum absolute atomic E-state index is 0.194. The molecule has 0 unspecified atom stereocenters. The van der Waals surface area contributed by atoms with E-state index in [2.05, 4.69) is 5.32 Å². The molecule has 1 amide bonds. The molecular weight excluding hydrogens is 473 g/mol. The van der Waals surface area contributed by atoms with Crippen LogP contribution in [0.3, 0.4) is 0 Å². The van der Waals surface area contributed by atoms with Gasteiger partial charge in [0, 0.05) is 22.2 Å². The summed E-state index contributed by atoms with van der Waals surface area (Å²) in [6, 6.07) is 17.1. The lowest BCUT2D eigenvalue weighted by atomic mass is 10.1. The fourth-order valence-corrected chi connectivity index (χ4v) is 3.67. The first-order valence-corrected chi connectivity index (χ1v) is 10.6. The number of nitrogens with one attached hydrogen (secondary N) is 1. The highest BCUT2D eigenvalue weighted by Gasteiger charge is 2.11. The molecule has 0 aliphatic rings. The maximum atomic E-state index is 12.4. The number of anilines is 1. The Morgan fingerprint density at radius 3 is 2.47 bits per heavy atom. The topological polar surface area (TPSA) is 75.6 Å². The second-order valence-corrected chi connectivity index (χ2v) is 8.02. The van der Waals surface area contributed by atoms with E-state index in [1.807, 2.05) is 0 Å². The third kappa shape index (κ3) is 5.09. The average molecular weight is 489 g/mol. The van der Waals surface area contributed by atoms with Gasteiger partial charge in [-0.3, -0.25) is 4.79 Å². The van der Waals surface area contributed by atoms with E-state index in [1.54, 1.807) is 66.7 Å². The van der Waals surface area contributed by atoms with Gasteiger partial charge in [0.1, 0.15) is 29.6 Å². The lowest BCUT2D eigenvalue weighted by Crippen LogP contribution is -2.08. The van der Waals surface area contributed by atoms with Crippen molar-refractivity contribution in [1.82, 2.24) is 0 Å². The first-order chi connectivity index (χ1) is 15.4. The lowest BCUT2D eigenvalue weighted by molar-refractivity contribution is -0.111. The van der Waals surface area contributed by atoms with E-state index < -0.39 is 0 Å². The minimum Gasteiger partial charge on any atom is -0.459 e. The highest BCUT2D eigenvalue weighted by molar-refractivity contribution is 6.36. The number of hydrogen-bond acceptors (Lipinski definition) is 4. The zero-order valence-corrected chi connectivity index (χ0v) is 18.7. The van der Waals surface area contributed by atoms with Gasteiger partial charge in [-0.15, -0.1) is 0 Å². The molecule has 0 saturated heterocycles. The van der Waals surface area contributed by atoms with Gasteiger partial charge in [-0.1, -0.05) is 34.8 Å². The molecule has 0 aliphatic heterocycles. The van der Waals surface area contributed by atoms with Crippen LogP contribution in [-0.4, -0.2) is 11.0 Å². The fourth-order valence-electron chi connectivity index (χ4n) is 3.00. The molecule has 0 bridgehead atoms. The number of rotatable bonds is 6. The number of furan rings is 2. The third-order valence-corrected chi connectivity index (χ3v) is 5.43.